The van der Waals surface area contributed by atoms with Crippen LogP contribution in [0.4, 0.5) is 10.6 Å². The Balaban J connectivity index is 1.12. The molecule has 4 atom stereocenters. The number of piperidine rings is 1. The first-order valence-electron chi connectivity index (χ1n) is 13.3. The molecule has 4 heterocycles. The predicted molar refractivity (Wildman–Crippen MR) is 142 cm³/mol. The number of nitrogens with one attached hydrogen (secondary N) is 2. The fourth-order valence-corrected chi connectivity index (χ4v) is 5.16. The number of carbonyl (C=O) groups excluding carboxylic acids is 2. The molecule has 2 bridgehead atoms. The Kier molecular flexibility index (Phi) is 7.92. The van der Waals surface area contributed by atoms with E-state index in [1.54, 1.807) is 17.0 Å². The normalized spacial score (nSPS) is 24.1. The van der Waals surface area contributed by atoms with Crippen LogP contribution in [0.15, 0.2) is 23.2 Å². The number of carbonyl (C=O) groups is 2. The summed E-state index contributed by atoms with van der Waals surface area (Å²) >= 11 is 0. The van der Waals surface area contributed by atoms with Gasteiger partial charge in [-0.25, -0.2) is 4.79 Å². The quantitative estimate of drug-likeness (QED) is 0.410. The molecule has 4 fully saturated rings. The molecule has 1 saturated carbocycles. The van der Waals surface area contributed by atoms with E-state index in [4.69, 9.17) is 18.9 Å². The van der Waals surface area contributed by atoms with Gasteiger partial charge in [0.1, 0.15) is 23.4 Å². The molecule has 2 amide bonds. The lowest BCUT2D eigenvalue weighted by Crippen LogP contribution is -2.59. The maximum atomic E-state index is 12.6. The number of fused-ring (bicyclic) bond motifs is 2. The number of aliphatic imine (C=N–C) groups is 1. The number of phenolic OH excluding ortho intramolecular Hbond substituents is 1. The van der Waals surface area contributed by atoms with E-state index < -0.39 is 5.91 Å². The Hall–Kier alpha value is -3.80. The van der Waals surface area contributed by atoms with E-state index in [0.717, 1.165) is 25.0 Å². The second-order valence-electron chi connectivity index (χ2n) is 10.5. The van der Waals surface area contributed by atoms with Gasteiger partial charge in [-0.1, -0.05) is 0 Å². The number of phenols is 1. The number of methoxy groups -OCH3 is 1. The van der Waals surface area contributed by atoms with Crippen molar-refractivity contribution in [1.82, 2.24) is 15.1 Å². The average Bonchev–Trinajstić information content (AvgIpc) is 3.55. The minimum Gasteiger partial charge on any atom is -0.507 e. The Labute approximate surface area is 226 Å². The fourth-order valence-electron chi connectivity index (χ4n) is 5.16. The number of amides is 2. The molecular formula is C27H35N5O7. The van der Waals surface area contributed by atoms with Crippen LogP contribution in [0.3, 0.4) is 0 Å². The summed E-state index contributed by atoms with van der Waals surface area (Å²) in [5, 5.41) is 20.3. The highest BCUT2D eigenvalue weighted by molar-refractivity contribution is 5.92. The van der Waals surface area contributed by atoms with Gasteiger partial charge in [-0.3, -0.25) is 14.9 Å². The zero-order valence-corrected chi connectivity index (χ0v) is 22.4. The molecule has 1 aromatic carbocycles. The first kappa shape index (κ1) is 26.8. The van der Waals surface area contributed by atoms with E-state index in [0.29, 0.717) is 36.6 Å². The standard InChI is InChI=1S/C27H35N5O7/c1-15(2)28-11-21-23(33)8-18(36-3)9-24(21)37-14-26(34)29-25-10-22(30-31-25)16-4-5-17(6-16)39-27(35)32-12-19-7-20(13-32)38-19/h8-11,15-17,19-20,33H,4-7,12-14H2,1-3H3,(H2,29,30,31,34). The van der Waals surface area contributed by atoms with E-state index in [2.05, 4.69) is 20.5 Å². The number of ether oxygens (including phenoxy) is 4. The smallest absolute Gasteiger partial charge is 0.410 e. The molecule has 6 rings (SSSR count). The van der Waals surface area contributed by atoms with Crippen molar-refractivity contribution in [3.05, 3.63) is 29.5 Å². The summed E-state index contributed by atoms with van der Waals surface area (Å²) < 4.78 is 22.2. The fraction of sp³-hybridized carbons (Fsp3) is 0.556. The van der Waals surface area contributed by atoms with Crippen molar-refractivity contribution in [2.45, 2.75) is 69.8 Å². The molecule has 2 aromatic rings. The number of nitrogens with zero attached hydrogens (tertiary/aromatic N) is 3. The first-order valence-corrected chi connectivity index (χ1v) is 13.3. The predicted octanol–water partition coefficient (Wildman–Crippen LogP) is 3.21. The molecule has 4 unspecified atom stereocenters. The summed E-state index contributed by atoms with van der Waals surface area (Å²) in [5.74, 6) is 0.718. The molecule has 12 nitrogen and oxygen atoms in total. The van der Waals surface area contributed by atoms with Gasteiger partial charge in [0.2, 0.25) is 0 Å². The van der Waals surface area contributed by atoms with Gasteiger partial charge in [-0.15, -0.1) is 0 Å². The average molecular weight is 542 g/mol. The van der Waals surface area contributed by atoms with Crippen molar-refractivity contribution in [3.63, 3.8) is 0 Å². The molecule has 4 aliphatic rings. The molecule has 0 spiro atoms. The lowest BCUT2D eigenvalue weighted by molar-refractivity contribution is -0.175. The van der Waals surface area contributed by atoms with Crippen molar-refractivity contribution >= 4 is 24.0 Å². The first-order chi connectivity index (χ1) is 18.8. The zero-order chi connectivity index (χ0) is 27.5. The maximum absolute atomic E-state index is 12.6. The second-order valence-corrected chi connectivity index (χ2v) is 10.5. The molecule has 39 heavy (non-hydrogen) atoms. The van der Waals surface area contributed by atoms with Crippen LogP contribution < -0.4 is 14.8 Å². The number of benzene rings is 1. The van der Waals surface area contributed by atoms with Crippen LogP contribution in [0.2, 0.25) is 0 Å². The summed E-state index contributed by atoms with van der Waals surface area (Å²) in [6.07, 6.45) is 4.76. The molecule has 3 aliphatic heterocycles. The van der Waals surface area contributed by atoms with Crippen molar-refractivity contribution in [2.24, 2.45) is 4.99 Å². The molecule has 3 N–H and O–H groups in total. The second kappa shape index (κ2) is 11.5. The number of hydrogen-bond acceptors (Lipinski definition) is 9. The monoisotopic (exact) mass is 541 g/mol. The summed E-state index contributed by atoms with van der Waals surface area (Å²) in [6.45, 7) is 4.72. The largest absolute Gasteiger partial charge is 0.507 e. The topological polar surface area (TPSA) is 148 Å². The minimum atomic E-state index is -0.413. The van der Waals surface area contributed by atoms with Gasteiger partial charge >= 0.3 is 6.09 Å². The third-order valence-electron chi connectivity index (χ3n) is 7.16. The van der Waals surface area contributed by atoms with Crippen molar-refractivity contribution in [1.29, 1.82) is 0 Å². The Morgan fingerprint density at radius 2 is 2.03 bits per heavy atom. The lowest BCUT2D eigenvalue weighted by atomic mass is 9.99. The van der Waals surface area contributed by atoms with Crippen LogP contribution >= 0.6 is 0 Å². The number of aromatic amines is 1. The maximum Gasteiger partial charge on any atom is 0.410 e. The van der Waals surface area contributed by atoms with Crippen LogP contribution in [0, 0.1) is 0 Å². The third-order valence-corrected chi connectivity index (χ3v) is 7.16. The van der Waals surface area contributed by atoms with Gasteiger partial charge in [0.05, 0.1) is 38.0 Å². The highest BCUT2D eigenvalue weighted by atomic mass is 16.6. The molecular weight excluding hydrogens is 506 g/mol. The van der Waals surface area contributed by atoms with Gasteiger partial charge in [-0.05, 0) is 33.1 Å². The molecule has 3 saturated heterocycles. The highest BCUT2D eigenvalue weighted by Crippen LogP contribution is 2.37. The summed E-state index contributed by atoms with van der Waals surface area (Å²) in [7, 11) is 1.48. The number of hydrogen-bond donors (Lipinski definition) is 3. The van der Waals surface area contributed by atoms with E-state index >= 15 is 0 Å². The zero-order valence-electron chi connectivity index (χ0n) is 22.4. The van der Waals surface area contributed by atoms with Crippen LogP contribution in [0.5, 0.6) is 17.2 Å². The molecule has 1 aromatic heterocycles. The van der Waals surface area contributed by atoms with Gasteiger partial charge in [-0.2, -0.15) is 5.10 Å². The van der Waals surface area contributed by atoms with Gasteiger partial charge in [0, 0.05) is 48.5 Å². The number of aromatic nitrogens is 2. The SMILES string of the molecule is COc1cc(O)c(C=NC(C)C)c(OCC(=O)Nc2cc(C3CCC(OC(=O)N4CC5CC(C4)O5)C3)[nH]n2)c1. The van der Waals surface area contributed by atoms with Crippen LogP contribution in [-0.4, -0.2) is 89.6 Å². The molecule has 12 heteroatoms. The third kappa shape index (κ3) is 6.44. The number of rotatable bonds is 9. The summed E-state index contributed by atoms with van der Waals surface area (Å²) in [4.78, 5) is 31.2. The Morgan fingerprint density at radius 1 is 1.26 bits per heavy atom. The molecule has 0 radical (unpaired) electrons. The minimum absolute atomic E-state index is 0.0222. The summed E-state index contributed by atoms with van der Waals surface area (Å²) in [5.41, 5.74) is 1.24. The number of anilines is 1. The number of morpholine rings is 1. The number of aromatic hydroxyl groups is 1. The highest BCUT2D eigenvalue weighted by Gasteiger charge is 2.41. The van der Waals surface area contributed by atoms with Crippen LogP contribution in [0.25, 0.3) is 0 Å². The van der Waals surface area contributed by atoms with E-state index in [1.807, 2.05) is 13.8 Å². The Morgan fingerprint density at radius 3 is 2.74 bits per heavy atom. The van der Waals surface area contributed by atoms with Crippen molar-refractivity contribution in [3.8, 4) is 17.2 Å². The molecule has 1 aliphatic carbocycles. The van der Waals surface area contributed by atoms with Crippen molar-refractivity contribution < 1.29 is 33.6 Å². The van der Waals surface area contributed by atoms with E-state index in [9.17, 15) is 14.7 Å². The van der Waals surface area contributed by atoms with Gasteiger partial charge < -0.3 is 34.3 Å². The van der Waals surface area contributed by atoms with E-state index in [-0.39, 0.29) is 54.5 Å². The van der Waals surface area contributed by atoms with Crippen molar-refractivity contribution in [2.75, 3.05) is 32.1 Å². The van der Waals surface area contributed by atoms with E-state index in [1.165, 1.54) is 19.4 Å². The van der Waals surface area contributed by atoms with Crippen LogP contribution in [0.1, 0.15) is 56.7 Å². The molecule has 210 valence electrons. The Bertz CT molecular complexity index is 1210. The van der Waals surface area contributed by atoms with Crippen LogP contribution in [-0.2, 0) is 14.3 Å². The number of H-pyrrole nitrogens is 1. The van der Waals surface area contributed by atoms with Gasteiger partial charge in [0.15, 0.2) is 12.4 Å². The van der Waals surface area contributed by atoms with Gasteiger partial charge in [0.25, 0.3) is 5.91 Å². The summed E-state index contributed by atoms with van der Waals surface area (Å²) in [6, 6.07) is 4.86. The lowest BCUT2D eigenvalue weighted by Gasteiger charge is -2.46.